The standard InChI is InChI=1S/C20H23F2NO/c1-14-4-6-15(7-5-14)8-9-16-3-2-12-23-20(16)24-19-11-10-17(21)13-18(19)22/h2-3,10-15H,4-9H2,1H3. The molecule has 4 heteroatoms. The minimum Gasteiger partial charge on any atom is -0.436 e. The number of aromatic nitrogens is 1. The van der Waals surface area contributed by atoms with Gasteiger partial charge in [0.2, 0.25) is 5.88 Å². The minimum atomic E-state index is -0.715. The molecule has 0 atom stereocenters. The highest BCUT2D eigenvalue weighted by Crippen LogP contribution is 2.33. The summed E-state index contributed by atoms with van der Waals surface area (Å²) in [5, 5.41) is 0. The van der Waals surface area contributed by atoms with Gasteiger partial charge in [0, 0.05) is 17.8 Å². The Bertz CT molecular complexity index is 681. The van der Waals surface area contributed by atoms with Gasteiger partial charge in [0.1, 0.15) is 5.82 Å². The summed E-state index contributed by atoms with van der Waals surface area (Å²) in [4.78, 5) is 4.23. The highest BCUT2D eigenvalue weighted by molar-refractivity contribution is 5.33. The normalized spacial score (nSPS) is 20.8. The second kappa shape index (κ2) is 7.73. The van der Waals surface area contributed by atoms with Crippen molar-refractivity contribution < 1.29 is 13.5 Å². The quantitative estimate of drug-likeness (QED) is 0.679. The molecule has 128 valence electrons. The lowest BCUT2D eigenvalue weighted by Gasteiger charge is -2.26. The van der Waals surface area contributed by atoms with Crippen LogP contribution in [0.5, 0.6) is 11.6 Å². The van der Waals surface area contributed by atoms with Crippen molar-refractivity contribution in [2.24, 2.45) is 11.8 Å². The molecule has 0 bridgehead atoms. The number of benzene rings is 1. The average Bonchev–Trinajstić information content (AvgIpc) is 2.58. The van der Waals surface area contributed by atoms with Crippen LogP contribution in [-0.4, -0.2) is 4.98 Å². The summed E-state index contributed by atoms with van der Waals surface area (Å²) in [6.45, 7) is 2.32. The van der Waals surface area contributed by atoms with Crippen LogP contribution in [0.15, 0.2) is 36.5 Å². The number of rotatable bonds is 5. The zero-order valence-corrected chi connectivity index (χ0v) is 14.0. The smallest absolute Gasteiger partial charge is 0.222 e. The molecule has 3 rings (SSSR count). The third kappa shape index (κ3) is 4.31. The van der Waals surface area contributed by atoms with Gasteiger partial charge in [-0.1, -0.05) is 38.7 Å². The second-order valence-corrected chi connectivity index (χ2v) is 6.81. The second-order valence-electron chi connectivity index (χ2n) is 6.81. The highest BCUT2D eigenvalue weighted by atomic mass is 19.1. The molecule has 0 amide bonds. The summed E-state index contributed by atoms with van der Waals surface area (Å²) < 4.78 is 32.4. The van der Waals surface area contributed by atoms with Crippen LogP contribution in [0.25, 0.3) is 0 Å². The molecule has 0 N–H and O–H groups in total. The molecule has 0 radical (unpaired) electrons. The summed E-state index contributed by atoms with van der Waals surface area (Å²) in [5.74, 6) is 0.673. The van der Waals surface area contributed by atoms with Crippen molar-refractivity contribution in [3.63, 3.8) is 0 Å². The third-order valence-corrected chi connectivity index (χ3v) is 4.91. The maximum Gasteiger partial charge on any atom is 0.222 e. The predicted molar refractivity (Wildman–Crippen MR) is 90.1 cm³/mol. The number of hydrogen-bond donors (Lipinski definition) is 0. The first-order valence-electron chi connectivity index (χ1n) is 8.68. The van der Waals surface area contributed by atoms with E-state index in [4.69, 9.17) is 4.74 Å². The molecule has 0 aliphatic heterocycles. The van der Waals surface area contributed by atoms with Gasteiger partial charge in [-0.15, -0.1) is 0 Å². The number of pyridine rings is 1. The number of nitrogens with zero attached hydrogens (tertiary/aromatic N) is 1. The maximum atomic E-state index is 13.8. The average molecular weight is 331 g/mol. The van der Waals surface area contributed by atoms with Gasteiger partial charge in [-0.05, 0) is 42.9 Å². The van der Waals surface area contributed by atoms with Crippen molar-refractivity contribution in [1.82, 2.24) is 4.98 Å². The highest BCUT2D eigenvalue weighted by Gasteiger charge is 2.19. The molecule has 1 fully saturated rings. The van der Waals surface area contributed by atoms with E-state index in [-0.39, 0.29) is 5.75 Å². The van der Waals surface area contributed by atoms with Gasteiger partial charge >= 0.3 is 0 Å². The van der Waals surface area contributed by atoms with Crippen LogP contribution in [-0.2, 0) is 6.42 Å². The molecule has 1 aromatic heterocycles. The monoisotopic (exact) mass is 331 g/mol. The SMILES string of the molecule is CC1CCC(CCc2cccnc2Oc2ccc(F)cc2F)CC1. The van der Waals surface area contributed by atoms with E-state index in [1.807, 2.05) is 12.1 Å². The topological polar surface area (TPSA) is 22.1 Å². The number of ether oxygens (including phenoxy) is 1. The number of aryl methyl sites for hydroxylation is 1. The van der Waals surface area contributed by atoms with Crippen LogP contribution in [0.2, 0.25) is 0 Å². The van der Waals surface area contributed by atoms with E-state index in [0.717, 1.165) is 36.3 Å². The Morgan fingerprint density at radius 2 is 1.92 bits per heavy atom. The maximum absolute atomic E-state index is 13.8. The van der Waals surface area contributed by atoms with E-state index in [2.05, 4.69) is 11.9 Å². The Hall–Kier alpha value is -1.97. The van der Waals surface area contributed by atoms with Gasteiger partial charge in [0.25, 0.3) is 0 Å². The molecule has 2 nitrogen and oxygen atoms in total. The van der Waals surface area contributed by atoms with Crippen LogP contribution in [0.4, 0.5) is 8.78 Å². The third-order valence-electron chi connectivity index (χ3n) is 4.91. The summed E-state index contributed by atoms with van der Waals surface area (Å²) in [6.07, 6.45) is 8.77. The molecule has 0 spiro atoms. The fourth-order valence-corrected chi connectivity index (χ4v) is 3.35. The Morgan fingerprint density at radius 3 is 2.67 bits per heavy atom. The lowest BCUT2D eigenvalue weighted by molar-refractivity contribution is 0.277. The molecule has 0 unspecified atom stereocenters. The molecule has 2 aromatic rings. The molecule has 1 aliphatic carbocycles. The van der Waals surface area contributed by atoms with Gasteiger partial charge in [-0.2, -0.15) is 0 Å². The zero-order valence-electron chi connectivity index (χ0n) is 14.0. The van der Waals surface area contributed by atoms with Crippen molar-refractivity contribution in [3.05, 3.63) is 53.7 Å². The predicted octanol–water partition coefficient (Wildman–Crippen LogP) is 5.91. The first-order chi connectivity index (χ1) is 11.6. The van der Waals surface area contributed by atoms with Crippen LogP contribution < -0.4 is 4.74 Å². The van der Waals surface area contributed by atoms with Crippen molar-refractivity contribution in [2.75, 3.05) is 0 Å². The Kier molecular flexibility index (Phi) is 5.44. The van der Waals surface area contributed by atoms with Crippen LogP contribution >= 0.6 is 0 Å². The zero-order chi connectivity index (χ0) is 16.9. The summed E-state index contributed by atoms with van der Waals surface area (Å²) >= 11 is 0. The Balaban J connectivity index is 1.66. The molecular weight excluding hydrogens is 308 g/mol. The summed E-state index contributed by atoms with van der Waals surface area (Å²) in [6, 6.07) is 7.14. The molecule has 1 saturated carbocycles. The van der Waals surface area contributed by atoms with E-state index in [1.54, 1.807) is 6.20 Å². The van der Waals surface area contributed by atoms with E-state index in [9.17, 15) is 8.78 Å². The first kappa shape index (κ1) is 16.9. The van der Waals surface area contributed by atoms with Gasteiger partial charge in [-0.3, -0.25) is 0 Å². The van der Waals surface area contributed by atoms with Gasteiger partial charge in [-0.25, -0.2) is 13.8 Å². The first-order valence-corrected chi connectivity index (χ1v) is 8.68. The number of hydrogen-bond acceptors (Lipinski definition) is 2. The van der Waals surface area contributed by atoms with E-state index < -0.39 is 11.6 Å². The van der Waals surface area contributed by atoms with Gasteiger partial charge < -0.3 is 4.74 Å². The van der Waals surface area contributed by atoms with Crippen LogP contribution in [0, 0.1) is 23.5 Å². The number of halogens is 2. The molecular formula is C20H23F2NO. The molecule has 24 heavy (non-hydrogen) atoms. The minimum absolute atomic E-state index is 0.00263. The van der Waals surface area contributed by atoms with E-state index in [1.165, 1.54) is 37.8 Å². The van der Waals surface area contributed by atoms with Crippen LogP contribution in [0.3, 0.4) is 0 Å². The van der Waals surface area contributed by atoms with Crippen molar-refractivity contribution in [3.8, 4) is 11.6 Å². The molecule has 0 saturated heterocycles. The van der Waals surface area contributed by atoms with Gasteiger partial charge in [0.05, 0.1) is 0 Å². The van der Waals surface area contributed by atoms with Crippen molar-refractivity contribution in [2.45, 2.75) is 45.4 Å². The van der Waals surface area contributed by atoms with E-state index >= 15 is 0 Å². The molecule has 1 aromatic carbocycles. The summed E-state index contributed by atoms with van der Waals surface area (Å²) in [5.41, 5.74) is 0.972. The van der Waals surface area contributed by atoms with Crippen LogP contribution in [0.1, 0.15) is 44.6 Å². The summed E-state index contributed by atoms with van der Waals surface area (Å²) in [7, 11) is 0. The largest absolute Gasteiger partial charge is 0.436 e. The lowest BCUT2D eigenvalue weighted by Crippen LogP contribution is -2.13. The van der Waals surface area contributed by atoms with E-state index in [0.29, 0.717) is 5.88 Å². The Morgan fingerprint density at radius 1 is 1.12 bits per heavy atom. The van der Waals surface area contributed by atoms with Crippen molar-refractivity contribution in [1.29, 1.82) is 0 Å². The Labute approximate surface area is 141 Å². The van der Waals surface area contributed by atoms with Crippen molar-refractivity contribution >= 4 is 0 Å². The lowest BCUT2D eigenvalue weighted by atomic mass is 9.80. The fourth-order valence-electron chi connectivity index (χ4n) is 3.35. The molecule has 1 aliphatic rings. The fraction of sp³-hybridized carbons (Fsp3) is 0.450. The van der Waals surface area contributed by atoms with Gasteiger partial charge in [0.15, 0.2) is 11.6 Å². The molecule has 1 heterocycles.